The van der Waals surface area contributed by atoms with Crippen LogP contribution < -0.4 is 5.84 Å². The number of amides is 1. The minimum atomic E-state index is -0.151. The fourth-order valence-corrected chi connectivity index (χ4v) is 2.58. The van der Waals surface area contributed by atoms with Crippen molar-refractivity contribution in [2.45, 2.75) is 20.3 Å². The first-order valence-electron chi connectivity index (χ1n) is 7.51. The van der Waals surface area contributed by atoms with E-state index in [2.05, 4.69) is 0 Å². The molecule has 0 saturated heterocycles. The first-order chi connectivity index (χ1) is 11.0. The fraction of sp³-hybridized carbons (Fsp3) is 0.222. The number of carbonyl (C=O) groups excluding carboxylic acids is 1. The molecule has 0 unspecified atom stereocenters. The van der Waals surface area contributed by atoms with E-state index in [-0.39, 0.29) is 12.3 Å². The zero-order chi connectivity index (χ0) is 16.6. The Labute approximate surface area is 135 Å². The van der Waals surface area contributed by atoms with Crippen LogP contribution in [0.3, 0.4) is 0 Å². The maximum Gasteiger partial charge on any atom is 0.242 e. The molecule has 2 heterocycles. The molecule has 3 aromatic rings. The van der Waals surface area contributed by atoms with Gasteiger partial charge in [0.1, 0.15) is 5.65 Å². The van der Waals surface area contributed by atoms with Crippen molar-refractivity contribution in [2.75, 3.05) is 7.05 Å². The molecule has 0 aliphatic heterocycles. The standard InChI is InChI=1S/C18H20N4O/c1-12-4-7-14(8-5-12)18-15(10-17(23)21(3)19)22-11-13(2)6-9-16(22)20-18/h4-9,11H,10,19H2,1-3H3. The molecule has 0 spiro atoms. The number of fused-ring (bicyclic) bond motifs is 1. The maximum atomic E-state index is 12.1. The Balaban J connectivity index is 2.19. The number of hydrazine groups is 1. The summed E-state index contributed by atoms with van der Waals surface area (Å²) in [6.07, 6.45) is 2.21. The van der Waals surface area contributed by atoms with Crippen molar-refractivity contribution in [2.24, 2.45) is 5.84 Å². The Kier molecular flexibility index (Phi) is 3.88. The number of hydrogen-bond donors (Lipinski definition) is 1. The third-order valence-corrected chi connectivity index (χ3v) is 3.90. The summed E-state index contributed by atoms with van der Waals surface area (Å²) in [5.74, 6) is 5.44. The average Bonchev–Trinajstić information content (AvgIpc) is 2.86. The number of likely N-dealkylation sites (N-methyl/N-ethyl adjacent to an activating group) is 1. The highest BCUT2D eigenvalue weighted by molar-refractivity contribution is 5.81. The second kappa shape index (κ2) is 5.85. The summed E-state index contributed by atoms with van der Waals surface area (Å²) in [5.41, 5.74) is 5.81. The number of aryl methyl sites for hydroxylation is 2. The summed E-state index contributed by atoms with van der Waals surface area (Å²) < 4.78 is 1.98. The molecule has 2 N–H and O–H groups in total. The molecule has 0 aliphatic carbocycles. The molecule has 1 aromatic carbocycles. The third-order valence-electron chi connectivity index (χ3n) is 3.90. The summed E-state index contributed by atoms with van der Waals surface area (Å²) in [5, 5.41) is 1.12. The van der Waals surface area contributed by atoms with Crippen molar-refractivity contribution < 1.29 is 4.79 Å². The van der Waals surface area contributed by atoms with E-state index in [4.69, 9.17) is 10.8 Å². The predicted molar refractivity (Wildman–Crippen MR) is 90.8 cm³/mol. The molecule has 0 aliphatic rings. The van der Waals surface area contributed by atoms with Crippen molar-refractivity contribution in [3.05, 3.63) is 59.4 Å². The lowest BCUT2D eigenvalue weighted by atomic mass is 10.1. The molecule has 0 saturated carbocycles. The zero-order valence-electron chi connectivity index (χ0n) is 13.6. The Morgan fingerprint density at radius 1 is 1.13 bits per heavy atom. The van der Waals surface area contributed by atoms with E-state index in [1.165, 1.54) is 5.56 Å². The van der Waals surface area contributed by atoms with Gasteiger partial charge in [0, 0.05) is 18.8 Å². The zero-order valence-corrected chi connectivity index (χ0v) is 13.6. The summed E-state index contributed by atoms with van der Waals surface area (Å²) >= 11 is 0. The molecule has 118 valence electrons. The molecule has 5 heteroatoms. The Hall–Kier alpha value is -2.66. The number of carbonyl (C=O) groups is 1. The first-order valence-corrected chi connectivity index (χ1v) is 7.51. The monoisotopic (exact) mass is 308 g/mol. The number of imidazole rings is 1. The second-order valence-electron chi connectivity index (χ2n) is 5.89. The Morgan fingerprint density at radius 3 is 2.43 bits per heavy atom. The van der Waals surface area contributed by atoms with Crippen LogP contribution in [0.5, 0.6) is 0 Å². The fourth-order valence-electron chi connectivity index (χ4n) is 2.58. The molecule has 23 heavy (non-hydrogen) atoms. The van der Waals surface area contributed by atoms with Crippen LogP contribution in [0.25, 0.3) is 16.9 Å². The average molecular weight is 308 g/mol. The van der Waals surface area contributed by atoms with Crippen LogP contribution in [-0.2, 0) is 11.2 Å². The van der Waals surface area contributed by atoms with Gasteiger partial charge >= 0.3 is 0 Å². The van der Waals surface area contributed by atoms with Crippen molar-refractivity contribution in [3.63, 3.8) is 0 Å². The van der Waals surface area contributed by atoms with Crippen molar-refractivity contribution in [3.8, 4) is 11.3 Å². The lowest BCUT2D eigenvalue weighted by molar-refractivity contribution is -0.129. The molecule has 0 radical (unpaired) electrons. The highest BCUT2D eigenvalue weighted by Crippen LogP contribution is 2.26. The Morgan fingerprint density at radius 2 is 1.78 bits per heavy atom. The maximum absolute atomic E-state index is 12.1. The van der Waals surface area contributed by atoms with Crippen molar-refractivity contribution >= 4 is 11.6 Å². The molecule has 3 rings (SSSR count). The molecule has 0 bridgehead atoms. The van der Waals surface area contributed by atoms with Crippen molar-refractivity contribution in [1.29, 1.82) is 0 Å². The summed E-state index contributed by atoms with van der Waals surface area (Å²) in [7, 11) is 1.56. The van der Waals surface area contributed by atoms with E-state index in [9.17, 15) is 4.79 Å². The van der Waals surface area contributed by atoms with Gasteiger partial charge in [-0.2, -0.15) is 0 Å². The van der Waals surface area contributed by atoms with Crippen LogP contribution in [0.4, 0.5) is 0 Å². The number of rotatable bonds is 3. The third kappa shape index (κ3) is 2.96. The summed E-state index contributed by atoms with van der Waals surface area (Å²) in [6, 6.07) is 12.1. The number of pyridine rings is 1. The summed E-state index contributed by atoms with van der Waals surface area (Å²) in [4.78, 5) is 16.9. The van der Waals surface area contributed by atoms with Gasteiger partial charge in [-0.1, -0.05) is 35.9 Å². The largest absolute Gasteiger partial charge is 0.303 e. The normalized spacial score (nSPS) is 11.0. The molecular formula is C18H20N4O. The quantitative estimate of drug-likeness (QED) is 0.459. The second-order valence-corrected chi connectivity index (χ2v) is 5.89. The van der Waals surface area contributed by atoms with E-state index < -0.39 is 0 Å². The molecule has 1 amide bonds. The SMILES string of the molecule is Cc1ccc(-c2nc3ccc(C)cn3c2CC(=O)N(C)N)cc1. The molecular weight excluding hydrogens is 288 g/mol. The summed E-state index contributed by atoms with van der Waals surface area (Å²) in [6.45, 7) is 4.07. The topological polar surface area (TPSA) is 63.6 Å². The molecule has 5 nitrogen and oxygen atoms in total. The van der Waals surface area contributed by atoms with Gasteiger partial charge in [-0.25, -0.2) is 10.8 Å². The van der Waals surface area contributed by atoms with E-state index >= 15 is 0 Å². The minimum absolute atomic E-state index is 0.151. The van der Waals surface area contributed by atoms with Crippen LogP contribution in [0.1, 0.15) is 16.8 Å². The highest BCUT2D eigenvalue weighted by Gasteiger charge is 2.18. The van der Waals surface area contributed by atoms with E-state index in [1.54, 1.807) is 7.05 Å². The molecule has 2 aromatic heterocycles. The predicted octanol–water partition coefficient (Wildman–Crippen LogP) is 2.49. The lowest BCUT2D eigenvalue weighted by Gasteiger charge is -2.11. The highest BCUT2D eigenvalue weighted by atomic mass is 16.2. The smallest absolute Gasteiger partial charge is 0.242 e. The number of aromatic nitrogens is 2. The van der Waals surface area contributed by atoms with Gasteiger partial charge in [-0.05, 0) is 25.5 Å². The van der Waals surface area contributed by atoms with Crippen LogP contribution in [0, 0.1) is 13.8 Å². The van der Waals surface area contributed by atoms with Crippen LogP contribution in [-0.4, -0.2) is 27.3 Å². The number of nitrogens with two attached hydrogens (primary N) is 1. The van der Waals surface area contributed by atoms with Gasteiger partial charge in [-0.15, -0.1) is 0 Å². The van der Waals surface area contributed by atoms with Gasteiger partial charge in [0.25, 0.3) is 0 Å². The van der Waals surface area contributed by atoms with Crippen LogP contribution in [0.15, 0.2) is 42.6 Å². The van der Waals surface area contributed by atoms with Gasteiger partial charge in [-0.3, -0.25) is 9.80 Å². The van der Waals surface area contributed by atoms with Crippen molar-refractivity contribution in [1.82, 2.24) is 14.4 Å². The van der Waals surface area contributed by atoms with Crippen LogP contribution in [0.2, 0.25) is 0 Å². The first kappa shape index (κ1) is 15.2. The van der Waals surface area contributed by atoms with E-state index in [1.807, 2.05) is 60.8 Å². The van der Waals surface area contributed by atoms with Gasteiger partial charge < -0.3 is 4.40 Å². The minimum Gasteiger partial charge on any atom is -0.303 e. The van der Waals surface area contributed by atoms with Gasteiger partial charge in [0.05, 0.1) is 17.8 Å². The van der Waals surface area contributed by atoms with E-state index in [0.717, 1.165) is 33.2 Å². The molecule has 0 fully saturated rings. The Bertz CT molecular complexity index is 863. The van der Waals surface area contributed by atoms with E-state index in [0.29, 0.717) is 0 Å². The molecule has 0 atom stereocenters. The lowest BCUT2D eigenvalue weighted by Crippen LogP contribution is -2.34. The number of benzene rings is 1. The van der Waals surface area contributed by atoms with Gasteiger partial charge in [0.2, 0.25) is 5.91 Å². The van der Waals surface area contributed by atoms with Gasteiger partial charge in [0.15, 0.2) is 0 Å². The number of hydrogen-bond acceptors (Lipinski definition) is 3. The number of nitrogens with zero attached hydrogens (tertiary/aromatic N) is 3. The van der Waals surface area contributed by atoms with Crippen LogP contribution >= 0.6 is 0 Å².